The van der Waals surface area contributed by atoms with Gasteiger partial charge in [-0.25, -0.2) is 17.8 Å². The number of aryl methyl sites for hydroxylation is 1. The van der Waals surface area contributed by atoms with Gasteiger partial charge in [-0.05, 0) is 36.4 Å². The van der Waals surface area contributed by atoms with Crippen molar-refractivity contribution < 1.29 is 22.4 Å². The monoisotopic (exact) mass is 465 g/mol. The van der Waals surface area contributed by atoms with Gasteiger partial charge in [-0.3, -0.25) is 15.0 Å². The van der Waals surface area contributed by atoms with Gasteiger partial charge in [-0.1, -0.05) is 11.6 Å². The highest BCUT2D eigenvalue weighted by molar-refractivity contribution is 7.89. The number of sulfonamides is 1. The van der Waals surface area contributed by atoms with Crippen LogP contribution >= 0.6 is 11.6 Å². The smallest absolute Gasteiger partial charge is 0.269 e. The first-order chi connectivity index (χ1) is 14.6. The Balaban J connectivity index is 1.78. The quantitative estimate of drug-likeness (QED) is 0.483. The predicted octanol–water partition coefficient (Wildman–Crippen LogP) is 2.46. The summed E-state index contributed by atoms with van der Waals surface area (Å²) in [7, 11) is -2.41. The first-order valence-corrected chi connectivity index (χ1v) is 10.6. The third kappa shape index (κ3) is 5.26. The van der Waals surface area contributed by atoms with Gasteiger partial charge >= 0.3 is 0 Å². The first kappa shape index (κ1) is 22.4. The highest BCUT2D eigenvalue weighted by Gasteiger charge is 2.20. The number of hydrogen-bond donors (Lipinski definition) is 3. The fourth-order valence-corrected chi connectivity index (χ4v) is 3.68. The molecule has 31 heavy (non-hydrogen) atoms. The average molecular weight is 466 g/mol. The van der Waals surface area contributed by atoms with Crippen molar-refractivity contribution in [3.63, 3.8) is 0 Å². The zero-order chi connectivity index (χ0) is 22.8. The van der Waals surface area contributed by atoms with Gasteiger partial charge < -0.3 is 9.88 Å². The van der Waals surface area contributed by atoms with Crippen LogP contribution in [0.3, 0.4) is 0 Å². The van der Waals surface area contributed by atoms with Crippen molar-refractivity contribution in [1.82, 2.24) is 19.8 Å². The number of nitrogens with zero attached hydrogens (tertiary/aromatic N) is 2. The first-order valence-electron chi connectivity index (χ1n) is 8.74. The maximum Gasteiger partial charge on any atom is 0.269 e. The molecule has 9 nitrogen and oxygen atoms in total. The molecule has 2 amide bonds. The highest BCUT2D eigenvalue weighted by atomic mass is 35.5. The number of hydrogen-bond acceptors (Lipinski definition) is 5. The molecule has 0 radical (unpaired) electrons. The molecule has 0 aliphatic heterocycles. The van der Waals surface area contributed by atoms with Crippen LogP contribution in [0.1, 0.15) is 17.3 Å². The number of carbonyl (C=O) groups is 2. The maximum absolute atomic E-state index is 14.4. The van der Waals surface area contributed by atoms with E-state index in [2.05, 4.69) is 10.3 Å². The minimum atomic E-state index is -4.16. The second-order valence-electron chi connectivity index (χ2n) is 6.51. The fourth-order valence-electron chi connectivity index (χ4n) is 2.62. The van der Waals surface area contributed by atoms with Gasteiger partial charge in [0.1, 0.15) is 0 Å². The summed E-state index contributed by atoms with van der Waals surface area (Å²) in [5.74, 6) is -2.36. The molecule has 3 rings (SSSR count). The lowest BCUT2D eigenvalue weighted by atomic mass is 10.1. The zero-order valence-electron chi connectivity index (χ0n) is 16.3. The number of halogens is 2. The minimum Gasteiger partial charge on any atom is -0.340 e. The Hall–Kier alpha value is -3.28. The zero-order valence-corrected chi connectivity index (χ0v) is 17.9. The van der Waals surface area contributed by atoms with Gasteiger partial charge in [0.2, 0.25) is 5.91 Å². The molecule has 1 aromatic heterocycles. The van der Waals surface area contributed by atoms with Crippen molar-refractivity contribution in [3.8, 4) is 11.3 Å². The van der Waals surface area contributed by atoms with Crippen LogP contribution in [-0.4, -0.2) is 29.8 Å². The van der Waals surface area contributed by atoms with Crippen molar-refractivity contribution in [2.45, 2.75) is 11.8 Å². The topological polar surface area (TPSA) is 122 Å². The van der Waals surface area contributed by atoms with Crippen LogP contribution < -0.4 is 15.6 Å². The molecule has 0 unspecified atom stereocenters. The standard InChI is InChI=1S/C19H17ClFN5O4S/c1-11(27)23-13-3-5-14(6-4-13)31(29,30)25-24-19(28)15-7-12(8-16(20)18(15)21)17-9-26(2)10-22-17/h3-10,25H,1-2H3,(H,23,27)(H,24,28). The Morgan fingerprint density at radius 1 is 1.16 bits per heavy atom. The van der Waals surface area contributed by atoms with Crippen LogP contribution in [0.5, 0.6) is 0 Å². The average Bonchev–Trinajstić information content (AvgIpc) is 3.14. The van der Waals surface area contributed by atoms with Crippen molar-refractivity contribution >= 4 is 39.1 Å². The van der Waals surface area contributed by atoms with E-state index in [1.807, 2.05) is 10.3 Å². The van der Waals surface area contributed by atoms with Gasteiger partial charge in [0.05, 0.1) is 27.5 Å². The Bertz CT molecular complexity index is 1260. The van der Waals surface area contributed by atoms with Crippen molar-refractivity contribution in [2.75, 3.05) is 5.32 Å². The summed E-state index contributed by atoms with van der Waals surface area (Å²) in [5, 5.41) is 2.19. The number of imidazole rings is 1. The molecule has 0 aliphatic rings. The number of hydrazine groups is 1. The molecule has 0 spiro atoms. The molecule has 3 N–H and O–H groups in total. The number of aromatic nitrogens is 2. The lowest BCUT2D eigenvalue weighted by Gasteiger charge is -2.11. The van der Waals surface area contributed by atoms with E-state index in [1.54, 1.807) is 17.8 Å². The van der Waals surface area contributed by atoms with Crippen LogP contribution in [0.4, 0.5) is 10.1 Å². The molecule has 0 fully saturated rings. The van der Waals surface area contributed by atoms with E-state index in [0.717, 1.165) is 0 Å². The van der Waals surface area contributed by atoms with E-state index in [4.69, 9.17) is 11.6 Å². The molecule has 162 valence electrons. The minimum absolute atomic E-state index is 0.178. The normalized spacial score (nSPS) is 11.2. The largest absolute Gasteiger partial charge is 0.340 e. The number of rotatable bonds is 6. The number of benzene rings is 2. The van der Waals surface area contributed by atoms with Crippen LogP contribution in [0, 0.1) is 5.82 Å². The summed E-state index contributed by atoms with van der Waals surface area (Å²) in [6.07, 6.45) is 3.18. The van der Waals surface area contributed by atoms with Gasteiger partial charge in [-0.2, -0.15) is 0 Å². The van der Waals surface area contributed by atoms with Gasteiger partial charge in [0, 0.05) is 31.4 Å². The van der Waals surface area contributed by atoms with Crippen LogP contribution in [0.2, 0.25) is 5.02 Å². The third-order valence-corrected chi connectivity index (χ3v) is 5.60. The molecular formula is C19H17ClFN5O4S. The van der Waals surface area contributed by atoms with Crippen molar-refractivity contribution in [3.05, 3.63) is 65.3 Å². The van der Waals surface area contributed by atoms with Crippen LogP contribution in [0.25, 0.3) is 11.3 Å². The Labute approximate surface area is 182 Å². The Morgan fingerprint density at radius 2 is 1.84 bits per heavy atom. The van der Waals surface area contributed by atoms with E-state index >= 15 is 0 Å². The molecule has 0 atom stereocenters. The van der Waals surface area contributed by atoms with E-state index in [9.17, 15) is 22.4 Å². The summed E-state index contributed by atoms with van der Waals surface area (Å²) in [6.45, 7) is 1.32. The van der Waals surface area contributed by atoms with E-state index in [1.165, 1.54) is 49.6 Å². The molecule has 2 aromatic carbocycles. The summed E-state index contributed by atoms with van der Waals surface area (Å²) in [5.41, 5.74) is 2.75. The SMILES string of the molecule is CC(=O)Nc1ccc(S(=O)(=O)NNC(=O)c2cc(-c3cn(C)cn3)cc(Cl)c2F)cc1. The number of nitrogens with one attached hydrogen (secondary N) is 3. The molecule has 0 saturated heterocycles. The molecule has 0 saturated carbocycles. The van der Waals surface area contributed by atoms with Gasteiger partial charge in [0.25, 0.3) is 15.9 Å². The molecule has 0 bridgehead atoms. The number of carbonyl (C=O) groups excluding carboxylic acids is 2. The van der Waals surface area contributed by atoms with Crippen LogP contribution in [-0.2, 0) is 21.9 Å². The lowest BCUT2D eigenvalue weighted by molar-refractivity contribution is -0.114. The second kappa shape index (κ2) is 8.84. The maximum atomic E-state index is 14.4. The van der Waals surface area contributed by atoms with Crippen molar-refractivity contribution in [2.24, 2.45) is 7.05 Å². The summed E-state index contributed by atoms with van der Waals surface area (Å²) in [4.78, 5) is 29.3. The van der Waals surface area contributed by atoms with E-state index < -0.39 is 27.3 Å². The Morgan fingerprint density at radius 3 is 2.42 bits per heavy atom. The molecule has 3 aromatic rings. The predicted molar refractivity (Wildman–Crippen MR) is 112 cm³/mol. The molecule has 0 aliphatic carbocycles. The Kier molecular flexibility index (Phi) is 6.39. The van der Waals surface area contributed by atoms with E-state index in [-0.39, 0.29) is 15.8 Å². The summed E-state index contributed by atoms with van der Waals surface area (Å²) < 4.78 is 40.9. The molecule has 12 heteroatoms. The van der Waals surface area contributed by atoms with Gasteiger partial charge in [-0.15, -0.1) is 4.83 Å². The fraction of sp³-hybridized carbons (Fsp3) is 0.105. The number of amides is 2. The van der Waals surface area contributed by atoms with E-state index in [0.29, 0.717) is 16.9 Å². The number of anilines is 1. The van der Waals surface area contributed by atoms with Crippen molar-refractivity contribution in [1.29, 1.82) is 0 Å². The summed E-state index contributed by atoms with van der Waals surface area (Å²) in [6, 6.07) is 7.77. The highest BCUT2D eigenvalue weighted by Crippen LogP contribution is 2.27. The second-order valence-corrected chi connectivity index (χ2v) is 8.60. The van der Waals surface area contributed by atoms with Gasteiger partial charge in [0.15, 0.2) is 5.82 Å². The van der Waals surface area contributed by atoms with Crippen LogP contribution in [0.15, 0.2) is 53.8 Å². The molecular weight excluding hydrogens is 449 g/mol. The summed E-state index contributed by atoms with van der Waals surface area (Å²) >= 11 is 5.90. The third-order valence-electron chi connectivity index (χ3n) is 4.06. The lowest BCUT2D eigenvalue weighted by Crippen LogP contribution is -2.41. The molecule has 1 heterocycles.